The quantitative estimate of drug-likeness (QED) is 0.367. The third kappa shape index (κ3) is 7.48. The molecule has 0 aliphatic rings. The Balaban J connectivity index is 1.90. The molecule has 5 nitrogen and oxygen atoms in total. The van der Waals surface area contributed by atoms with Crippen LogP contribution in [0.3, 0.4) is 0 Å². The standard InChI is InChI=1S/C28H30Cl2N2O3/c1-19(2)28(34)32(18-21-9-13-24(35-3)14-10-21)26(15-20-7-5-4-6-8-20)27(33)31-17-22-11-12-23(29)16-25(22)30/h4-14,16,19,26H,15,17-18H2,1-3H3,(H,31,33)/t26-/m1/s1. The van der Waals surface area contributed by atoms with Gasteiger partial charge >= 0.3 is 0 Å². The van der Waals surface area contributed by atoms with Crippen molar-refractivity contribution in [3.05, 3.63) is 99.5 Å². The summed E-state index contributed by atoms with van der Waals surface area (Å²) >= 11 is 12.3. The van der Waals surface area contributed by atoms with Crippen LogP contribution in [0.15, 0.2) is 72.8 Å². The van der Waals surface area contributed by atoms with E-state index in [1.54, 1.807) is 30.2 Å². The van der Waals surface area contributed by atoms with Crippen molar-refractivity contribution in [2.24, 2.45) is 5.92 Å². The van der Waals surface area contributed by atoms with Gasteiger partial charge in [-0.3, -0.25) is 9.59 Å². The van der Waals surface area contributed by atoms with Crippen LogP contribution in [-0.4, -0.2) is 29.9 Å². The minimum absolute atomic E-state index is 0.0959. The second kappa shape index (κ2) is 12.6. The van der Waals surface area contributed by atoms with Crippen LogP contribution in [-0.2, 0) is 29.1 Å². The van der Waals surface area contributed by atoms with Gasteiger partial charge < -0.3 is 15.0 Å². The first-order valence-corrected chi connectivity index (χ1v) is 12.2. The van der Waals surface area contributed by atoms with Crippen LogP contribution in [0.5, 0.6) is 5.75 Å². The lowest BCUT2D eigenvalue weighted by Gasteiger charge is -2.33. The molecule has 2 amide bonds. The molecule has 3 aromatic carbocycles. The van der Waals surface area contributed by atoms with E-state index in [1.165, 1.54) is 0 Å². The Morgan fingerprint density at radius 2 is 1.63 bits per heavy atom. The molecule has 3 rings (SSSR count). The molecule has 0 fully saturated rings. The number of carbonyl (C=O) groups excluding carboxylic acids is 2. The molecule has 0 bridgehead atoms. The molecular formula is C28H30Cl2N2O3. The van der Waals surface area contributed by atoms with E-state index >= 15 is 0 Å². The van der Waals surface area contributed by atoms with Gasteiger partial charge in [-0.15, -0.1) is 0 Å². The van der Waals surface area contributed by atoms with E-state index < -0.39 is 6.04 Å². The van der Waals surface area contributed by atoms with Crippen LogP contribution < -0.4 is 10.1 Å². The molecule has 0 spiro atoms. The topological polar surface area (TPSA) is 58.6 Å². The lowest BCUT2D eigenvalue weighted by molar-refractivity contribution is -0.143. The minimum Gasteiger partial charge on any atom is -0.497 e. The number of carbonyl (C=O) groups is 2. The molecule has 0 aliphatic heterocycles. The molecule has 0 heterocycles. The summed E-state index contributed by atoms with van der Waals surface area (Å²) in [5.74, 6) is 0.114. The summed E-state index contributed by atoms with van der Waals surface area (Å²) in [7, 11) is 1.61. The first-order chi connectivity index (χ1) is 16.8. The van der Waals surface area contributed by atoms with Crippen LogP contribution in [0, 0.1) is 5.92 Å². The predicted molar refractivity (Wildman–Crippen MR) is 141 cm³/mol. The van der Waals surface area contributed by atoms with Crippen molar-refractivity contribution in [1.82, 2.24) is 10.2 Å². The van der Waals surface area contributed by atoms with Crippen molar-refractivity contribution in [3.8, 4) is 5.75 Å². The van der Waals surface area contributed by atoms with E-state index in [9.17, 15) is 9.59 Å². The summed E-state index contributed by atoms with van der Waals surface area (Å²) in [6, 6.07) is 21.7. The van der Waals surface area contributed by atoms with Crippen molar-refractivity contribution in [3.63, 3.8) is 0 Å². The van der Waals surface area contributed by atoms with Gasteiger partial charge in [-0.25, -0.2) is 0 Å². The van der Waals surface area contributed by atoms with Crippen molar-refractivity contribution in [1.29, 1.82) is 0 Å². The minimum atomic E-state index is -0.708. The maximum absolute atomic E-state index is 13.6. The van der Waals surface area contributed by atoms with Crippen LogP contribution in [0.2, 0.25) is 10.0 Å². The molecule has 0 radical (unpaired) electrons. The van der Waals surface area contributed by atoms with Gasteiger partial charge in [0, 0.05) is 35.5 Å². The zero-order chi connectivity index (χ0) is 25.4. The zero-order valence-corrected chi connectivity index (χ0v) is 21.6. The number of rotatable bonds is 10. The Morgan fingerprint density at radius 3 is 2.23 bits per heavy atom. The number of halogens is 2. The molecule has 0 unspecified atom stereocenters. The number of hydrogen-bond acceptors (Lipinski definition) is 3. The summed E-state index contributed by atoms with van der Waals surface area (Å²) in [5, 5.41) is 3.98. The first-order valence-electron chi connectivity index (χ1n) is 11.5. The third-order valence-corrected chi connectivity index (χ3v) is 6.29. The van der Waals surface area contributed by atoms with E-state index in [0.717, 1.165) is 22.4 Å². The summed E-state index contributed by atoms with van der Waals surface area (Å²) in [5.41, 5.74) is 2.62. The predicted octanol–water partition coefficient (Wildman–Crippen LogP) is 5.91. The number of nitrogens with zero attached hydrogens (tertiary/aromatic N) is 1. The van der Waals surface area contributed by atoms with Crippen LogP contribution >= 0.6 is 23.2 Å². The zero-order valence-electron chi connectivity index (χ0n) is 20.1. The fourth-order valence-electron chi connectivity index (χ4n) is 3.75. The highest BCUT2D eigenvalue weighted by Crippen LogP contribution is 2.22. The number of benzene rings is 3. The maximum atomic E-state index is 13.6. The van der Waals surface area contributed by atoms with Gasteiger partial charge in [0.15, 0.2) is 0 Å². The third-order valence-electron chi connectivity index (χ3n) is 5.71. The summed E-state index contributed by atoms with van der Waals surface area (Å²) in [6.45, 7) is 4.21. The molecular weight excluding hydrogens is 483 g/mol. The Hall–Kier alpha value is -3.02. The fraction of sp³-hybridized carbons (Fsp3) is 0.286. The summed E-state index contributed by atoms with van der Waals surface area (Å²) < 4.78 is 5.25. The number of ether oxygens (including phenoxy) is 1. The molecule has 3 aromatic rings. The van der Waals surface area contributed by atoms with Crippen molar-refractivity contribution < 1.29 is 14.3 Å². The van der Waals surface area contributed by atoms with E-state index in [2.05, 4.69) is 5.32 Å². The monoisotopic (exact) mass is 512 g/mol. The van der Waals surface area contributed by atoms with Crippen LogP contribution in [0.25, 0.3) is 0 Å². The summed E-state index contributed by atoms with van der Waals surface area (Å²) in [6.07, 6.45) is 0.385. The van der Waals surface area contributed by atoms with Gasteiger partial charge in [0.25, 0.3) is 0 Å². The summed E-state index contributed by atoms with van der Waals surface area (Å²) in [4.78, 5) is 28.6. The maximum Gasteiger partial charge on any atom is 0.243 e. The molecule has 7 heteroatoms. The SMILES string of the molecule is COc1ccc(CN(C(=O)C(C)C)[C@H](Cc2ccccc2)C(=O)NCc2ccc(Cl)cc2Cl)cc1. The molecule has 0 aromatic heterocycles. The fourth-order valence-corrected chi connectivity index (χ4v) is 4.22. The molecule has 184 valence electrons. The van der Waals surface area contributed by atoms with Gasteiger partial charge in [0.05, 0.1) is 7.11 Å². The lowest BCUT2D eigenvalue weighted by atomic mass is 10.0. The number of methoxy groups -OCH3 is 1. The van der Waals surface area contributed by atoms with Gasteiger partial charge in [-0.05, 0) is 41.0 Å². The average molecular weight is 513 g/mol. The van der Waals surface area contributed by atoms with Gasteiger partial charge in [-0.2, -0.15) is 0 Å². The van der Waals surface area contributed by atoms with E-state index in [-0.39, 0.29) is 24.3 Å². The second-order valence-corrected chi connectivity index (χ2v) is 9.47. The number of amides is 2. The average Bonchev–Trinajstić information content (AvgIpc) is 2.86. The number of hydrogen-bond donors (Lipinski definition) is 1. The highest BCUT2D eigenvalue weighted by atomic mass is 35.5. The van der Waals surface area contributed by atoms with Gasteiger partial charge in [0.2, 0.25) is 11.8 Å². The van der Waals surface area contributed by atoms with Crippen molar-refractivity contribution in [2.45, 2.75) is 39.4 Å². The second-order valence-electron chi connectivity index (χ2n) is 8.63. The first kappa shape index (κ1) is 26.6. The molecule has 1 N–H and O–H groups in total. The van der Waals surface area contributed by atoms with Crippen LogP contribution in [0.4, 0.5) is 0 Å². The molecule has 0 aliphatic carbocycles. The highest BCUT2D eigenvalue weighted by Gasteiger charge is 2.31. The van der Waals surface area contributed by atoms with E-state index in [1.807, 2.05) is 68.4 Å². The smallest absolute Gasteiger partial charge is 0.243 e. The Bertz CT molecular complexity index is 1130. The van der Waals surface area contributed by atoms with Gasteiger partial charge in [0.1, 0.15) is 11.8 Å². The lowest BCUT2D eigenvalue weighted by Crippen LogP contribution is -2.51. The van der Waals surface area contributed by atoms with Crippen molar-refractivity contribution >= 4 is 35.0 Å². The molecule has 1 atom stereocenters. The Labute approximate surface area is 217 Å². The molecule has 0 saturated carbocycles. The molecule has 0 saturated heterocycles. The van der Waals surface area contributed by atoms with E-state index in [4.69, 9.17) is 27.9 Å². The highest BCUT2D eigenvalue weighted by molar-refractivity contribution is 6.35. The van der Waals surface area contributed by atoms with Crippen molar-refractivity contribution in [2.75, 3.05) is 7.11 Å². The van der Waals surface area contributed by atoms with Gasteiger partial charge in [-0.1, -0.05) is 85.6 Å². The normalized spacial score (nSPS) is 11.7. The Morgan fingerprint density at radius 1 is 0.943 bits per heavy atom. The largest absolute Gasteiger partial charge is 0.497 e. The van der Waals surface area contributed by atoms with Crippen LogP contribution in [0.1, 0.15) is 30.5 Å². The number of nitrogens with one attached hydrogen (secondary N) is 1. The Kier molecular flexibility index (Phi) is 9.58. The van der Waals surface area contributed by atoms with E-state index in [0.29, 0.717) is 23.0 Å². The molecule has 35 heavy (non-hydrogen) atoms.